The van der Waals surface area contributed by atoms with Gasteiger partial charge in [0, 0.05) is 16.2 Å². The van der Waals surface area contributed by atoms with Gasteiger partial charge in [0.05, 0.1) is 12.3 Å². The van der Waals surface area contributed by atoms with Crippen molar-refractivity contribution in [2.45, 2.75) is 37.3 Å². The number of aryl methyl sites for hydroxylation is 1. The van der Waals surface area contributed by atoms with E-state index in [1.54, 1.807) is 6.92 Å². The molecule has 4 nitrogen and oxygen atoms in total. The Morgan fingerprint density at radius 2 is 1.91 bits per heavy atom. The van der Waals surface area contributed by atoms with Crippen molar-refractivity contribution in [2.24, 2.45) is 0 Å². The van der Waals surface area contributed by atoms with Gasteiger partial charge in [-0.05, 0) is 37.6 Å². The van der Waals surface area contributed by atoms with Gasteiger partial charge in [0.15, 0.2) is 4.21 Å². The lowest BCUT2D eigenvalue weighted by atomic mass is 10.2. The molecule has 0 saturated carbocycles. The molecule has 0 amide bonds. The molecule has 2 rings (SSSR count). The number of unbranched alkanes of at least 4 members (excludes halogenated alkanes) is 2. The number of thiazole rings is 1. The zero-order valence-corrected chi connectivity index (χ0v) is 14.9. The Balaban J connectivity index is 2.11. The quantitative estimate of drug-likeness (QED) is 0.534. The molecule has 0 atom stereocenters. The van der Waals surface area contributed by atoms with E-state index in [9.17, 15) is 8.42 Å². The predicted octanol–water partition coefficient (Wildman–Crippen LogP) is 4.62. The zero-order valence-electron chi connectivity index (χ0n) is 12.5. The zero-order chi connectivity index (χ0) is 16.2. The third-order valence-corrected chi connectivity index (χ3v) is 6.48. The van der Waals surface area contributed by atoms with E-state index in [1.807, 2.05) is 24.3 Å². The van der Waals surface area contributed by atoms with Gasteiger partial charge in [-0.1, -0.05) is 19.8 Å². The third kappa shape index (κ3) is 4.44. The summed E-state index contributed by atoms with van der Waals surface area (Å²) >= 11 is 1.08. The van der Waals surface area contributed by atoms with Crippen LogP contribution in [0.25, 0.3) is 10.6 Å². The van der Waals surface area contributed by atoms with E-state index < -0.39 is 9.05 Å². The van der Waals surface area contributed by atoms with Crippen LogP contribution < -0.4 is 4.74 Å². The Morgan fingerprint density at radius 1 is 1.23 bits per heavy atom. The van der Waals surface area contributed by atoms with Gasteiger partial charge in [-0.3, -0.25) is 0 Å². The molecule has 1 heterocycles. The fourth-order valence-corrected chi connectivity index (χ4v) is 4.43. The van der Waals surface area contributed by atoms with Crippen LogP contribution in [0.4, 0.5) is 0 Å². The maximum absolute atomic E-state index is 11.4. The smallest absolute Gasteiger partial charge is 0.272 e. The molecule has 1 aromatic carbocycles. The second-order valence-electron chi connectivity index (χ2n) is 4.91. The Kier molecular flexibility index (Phi) is 5.83. The molecule has 2 aromatic rings. The molecule has 7 heteroatoms. The molecule has 0 N–H and O–H groups in total. The van der Waals surface area contributed by atoms with Gasteiger partial charge in [0.1, 0.15) is 10.8 Å². The van der Waals surface area contributed by atoms with Crippen LogP contribution in [0, 0.1) is 6.92 Å². The lowest BCUT2D eigenvalue weighted by Gasteiger charge is -2.05. The van der Waals surface area contributed by atoms with Gasteiger partial charge in [-0.2, -0.15) is 0 Å². The molecule has 0 saturated heterocycles. The number of benzene rings is 1. The van der Waals surface area contributed by atoms with Crippen molar-refractivity contribution in [3.05, 3.63) is 30.0 Å². The minimum Gasteiger partial charge on any atom is -0.494 e. The highest BCUT2D eigenvalue weighted by atomic mass is 35.7. The summed E-state index contributed by atoms with van der Waals surface area (Å²) in [4.78, 5) is 4.28. The lowest BCUT2D eigenvalue weighted by molar-refractivity contribution is 0.306. The van der Waals surface area contributed by atoms with Crippen molar-refractivity contribution in [3.8, 4) is 16.3 Å². The largest absolute Gasteiger partial charge is 0.494 e. The van der Waals surface area contributed by atoms with Crippen LogP contribution in [0.15, 0.2) is 28.5 Å². The monoisotopic (exact) mass is 359 g/mol. The van der Waals surface area contributed by atoms with Crippen molar-refractivity contribution in [1.82, 2.24) is 4.98 Å². The SMILES string of the molecule is CCCCCOc1ccc(-c2nc(C)c(S(=O)(=O)Cl)s2)cc1. The van der Waals surface area contributed by atoms with E-state index in [0.717, 1.165) is 41.9 Å². The molecule has 0 aliphatic heterocycles. The van der Waals surface area contributed by atoms with Crippen LogP contribution in [0.2, 0.25) is 0 Å². The van der Waals surface area contributed by atoms with Crippen molar-refractivity contribution in [3.63, 3.8) is 0 Å². The number of nitrogens with zero attached hydrogens (tertiary/aromatic N) is 1. The second-order valence-corrected chi connectivity index (χ2v) is 8.67. The van der Waals surface area contributed by atoms with E-state index in [4.69, 9.17) is 15.4 Å². The van der Waals surface area contributed by atoms with E-state index in [2.05, 4.69) is 11.9 Å². The highest BCUT2D eigenvalue weighted by molar-refractivity contribution is 8.15. The topological polar surface area (TPSA) is 56.3 Å². The molecular weight excluding hydrogens is 342 g/mol. The number of hydrogen-bond acceptors (Lipinski definition) is 5. The first-order chi connectivity index (χ1) is 10.4. The van der Waals surface area contributed by atoms with Crippen LogP contribution >= 0.6 is 22.0 Å². The first kappa shape index (κ1) is 17.2. The van der Waals surface area contributed by atoms with E-state index in [1.165, 1.54) is 0 Å². The standard InChI is InChI=1S/C15H18ClNO3S2/c1-3-4-5-10-20-13-8-6-12(7-9-13)14-17-11(2)15(21-14)22(16,18)19/h6-9H,3-5,10H2,1-2H3. The molecule has 0 aliphatic rings. The van der Waals surface area contributed by atoms with Crippen LogP contribution in [0.1, 0.15) is 31.9 Å². The third-order valence-electron chi connectivity index (χ3n) is 3.09. The molecule has 0 radical (unpaired) electrons. The summed E-state index contributed by atoms with van der Waals surface area (Å²) in [6.07, 6.45) is 3.37. The minimum absolute atomic E-state index is 0.101. The Labute approximate surface area is 139 Å². The van der Waals surface area contributed by atoms with Crippen molar-refractivity contribution >= 4 is 31.1 Å². The maximum atomic E-state index is 11.4. The molecule has 0 bridgehead atoms. The Hall–Kier alpha value is -1.11. The molecule has 1 aromatic heterocycles. The first-order valence-corrected chi connectivity index (χ1v) is 10.2. The molecule has 0 unspecified atom stereocenters. The summed E-state index contributed by atoms with van der Waals surface area (Å²) in [5, 5.41) is 0.634. The number of halogens is 1. The summed E-state index contributed by atoms with van der Waals surface area (Å²) in [7, 11) is 1.65. The lowest BCUT2D eigenvalue weighted by Crippen LogP contribution is -1.96. The van der Waals surface area contributed by atoms with Gasteiger partial charge >= 0.3 is 0 Å². The number of ether oxygens (including phenoxy) is 1. The Morgan fingerprint density at radius 3 is 2.45 bits per heavy atom. The summed E-state index contributed by atoms with van der Waals surface area (Å²) in [6.45, 7) is 4.50. The molecule has 0 aliphatic carbocycles. The second kappa shape index (κ2) is 7.44. The van der Waals surface area contributed by atoms with E-state index >= 15 is 0 Å². The van der Waals surface area contributed by atoms with Gasteiger partial charge < -0.3 is 4.74 Å². The predicted molar refractivity (Wildman–Crippen MR) is 90.3 cm³/mol. The summed E-state index contributed by atoms with van der Waals surface area (Å²) in [5.74, 6) is 0.804. The number of aromatic nitrogens is 1. The fraction of sp³-hybridized carbons (Fsp3) is 0.400. The number of hydrogen-bond donors (Lipinski definition) is 0. The normalized spacial score (nSPS) is 11.6. The molecule has 0 fully saturated rings. The highest BCUT2D eigenvalue weighted by Gasteiger charge is 2.19. The Bertz CT molecular complexity index is 724. The van der Waals surface area contributed by atoms with Gasteiger partial charge in [-0.15, -0.1) is 11.3 Å². The summed E-state index contributed by atoms with van der Waals surface area (Å²) < 4.78 is 28.6. The van der Waals surface area contributed by atoms with Crippen LogP contribution in [-0.4, -0.2) is 20.0 Å². The van der Waals surface area contributed by atoms with Crippen LogP contribution in [-0.2, 0) is 9.05 Å². The highest BCUT2D eigenvalue weighted by Crippen LogP contribution is 2.33. The average Bonchev–Trinajstić information content (AvgIpc) is 2.86. The maximum Gasteiger partial charge on any atom is 0.272 e. The van der Waals surface area contributed by atoms with Crippen LogP contribution in [0.5, 0.6) is 5.75 Å². The van der Waals surface area contributed by atoms with E-state index in [-0.39, 0.29) is 4.21 Å². The van der Waals surface area contributed by atoms with Crippen molar-refractivity contribution in [2.75, 3.05) is 6.61 Å². The van der Waals surface area contributed by atoms with E-state index in [0.29, 0.717) is 17.3 Å². The van der Waals surface area contributed by atoms with Gasteiger partial charge in [0.25, 0.3) is 9.05 Å². The van der Waals surface area contributed by atoms with Crippen molar-refractivity contribution in [1.29, 1.82) is 0 Å². The minimum atomic E-state index is -3.74. The molecular formula is C15H18ClNO3S2. The van der Waals surface area contributed by atoms with Crippen LogP contribution in [0.3, 0.4) is 0 Å². The molecule has 22 heavy (non-hydrogen) atoms. The first-order valence-electron chi connectivity index (χ1n) is 7.07. The van der Waals surface area contributed by atoms with Gasteiger partial charge in [-0.25, -0.2) is 13.4 Å². The average molecular weight is 360 g/mol. The number of rotatable bonds is 7. The summed E-state index contributed by atoms with van der Waals surface area (Å²) in [5.41, 5.74) is 1.27. The fourth-order valence-electron chi connectivity index (χ4n) is 1.97. The molecule has 0 spiro atoms. The summed E-state index contributed by atoms with van der Waals surface area (Å²) in [6, 6.07) is 7.48. The van der Waals surface area contributed by atoms with Crippen molar-refractivity contribution < 1.29 is 13.2 Å². The molecule has 120 valence electrons. The van der Waals surface area contributed by atoms with Gasteiger partial charge in [0.2, 0.25) is 0 Å².